The highest BCUT2D eigenvalue weighted by Gasteiger charge is 2.27. The topological polar surface area (TPSA) is 15.3 Å². The van der Waals surface area contributed by atoms with Crippen LogP contribution >= 0.6 is 0 Å². The van der Waals surface area contributed by atoms with Gasteiger partial charge in [0.1, 0.15) is 0 Å². The smallest absolute Gasteiger partial charge is 0.194 e. The average molecular weight is 286 g/mol. The summed E-state index contributed by atoms with van der Waals surface area (Å²) in [5.41, 5.74) is 0.263. The Morgan fingerprint density at radius 2 is 1.75 bits per heavy atom. The Morgan fingerprint density at radius 3 is 2.35 bits per heavy atom. The van der Waals surface area contributed by atoms with E-state index in [0.717, 1.165) is 38.7 Å². The van der Waals surface area contributed by atoms with E-state index in [2.05, 4.69) is 10.2 Å². The van der Waals surface area contributed by atoms with Crippen LogP contribution < -0.4 is 5.32 Å². The van der Waals surface area contributed by atoms with Gasteiger partial charge in [0.2, 0.25) is 0 Å². The summed E-state index contributed by atoms with van der Waals surface area (Å²) in [5, 5.41) is 3.24. The van der Waals surface area contributed by atoms with E-state index >= 15 is 0 Å². The molecule has 0 saturated carbocycles. The minimum Gasteiger partial charge on any atom is -0.314 e. The fraction of sp³-hybridized carbons (Fsp3) is 0.600. The van der Waals surface area contributed by atoms with Crippen LogP contribution in [-0.2, 0) is 0 Å². The Hall–Kier alpha value is -1.07. The van der Waals surface area contributed by atoms with E-state index in [0.29, 0.717) is 5.92 Å². The molecule has 1 atom stereocenters. The third kappa shape index (κ3) is 3.33. The third-order valence-corrected chi connectivity index (χ3v) is 3.71. The molecule has 1 fully saturated rings. The maximum absolute atomic E-state index is 14.1. The van der Waals surface area contributed by atoms with Crippen LogP contribution in [0.1, 0.15) is 31.9 Å². The second kappa shape index (κ2) is 6.59. The van der Waals surface area contributed by atoms with Crippen LogP contribution in [0.3, 0.4) is 0 Å². The van der Waals surface area contributed by atoms with E-state index in [4.69, 9.17) is 0 Å². The molecule has 1 heterocycles. The van der Waals surface area contributed by atoms with Crippen LogP contribution in [0.5, 0.6) is 0 Å². The lowest BCUT2D eigenvalue weighted by molar-refractivity contribution is 0.150. The maximum Gasteiger partial charge on any atom is 0.194 e. The summed E-state index contributed by atoms with van der Waals surface area (Å²) in [7, 11) is 0. The van der Waals surface area contributed by atoms with Crippen molar-refractivity contribution in [2.75, 3.05) is 26.2 Å². The first-order valence-corrected chi connectivity index (χ1v) is 7.09. The van der Waals surface area contributed by atoms with Gasteiger partial charge in [-0.2, -0.15) is 0 Å². The minimum absolute atomic E-state index is 0.202. The number of nitrogens with one attached hydrogen (secondary N) is 1. The number of hydrogen-bond donors (Lipinski definition) is 1. The molecule has 2 nitrogen and oxygen atoms in total. The highest BCUT2D eigenvalue weighted by molar-refractivity contribution is 5.24. The molecule has 0 spiro atoms. The van der Waals surface area contributed by atoms with Crippen LogP contribution in [0, 0.1) is 23.4 Å². The number of nitrogens with zero attached hydrogens (tertiary/aromatic N) is 1. The average Bonchev–Trinajstić information content (AvgIpc) is 2.44. The Morgan fingerprint density at radius 1 is 1.10 bits per heavy atom. The van der Waals surface area contributed by atoms with Gasteiger partial charge in [-0.05, 0) is 18.4 Å². The molecular weight excluding hydrogens is 265 g/mol. The minimum atomic E-state index is -1.37. The van der Waals surface area contributed by atoms with Crippen LogP contribution in [0.25, 0.3) is 0 Å². The molecule has 0 aromatic heterocycles. The lowest BCUT2D eigenvalue weighted by Gasteiger charge is -2.36. The number of rotatable bonds is 4. The summed E-state index contributed by atoms with van der Waals surface area (Å²) in [5.74, 6) is -3.20. The van der Waals surface area contributed by atoms with Crippen LogP contribution in [0.4, 0.5) is 13.2 Å². The second-order valence-corrected chi connectivity index (χ2v) is 5.70. The Kier molecular flexibility index (Phi) is 5.05. The zero-order valence-electron chi connectivity index (χ0n) is 11.9. The summed E-state index contributed by atoms with van der Waals surface area (Å²) >= 11 is 0. The Balaban J connectivity index is 2.32. The molecule has 1 aromatic carbocycles. The summed E-state index contributed by atoms with van der Waals surface area (Å²) in [4.78, 5) is 2.15. The van der Waals surface area contributed by atoms with Gasteiger partial charge in [-0.15, -0.1) is 0 Å². The summed E-state index contributed by atoms with van der Waals surface area (Å²) in [6.45, 7) is 7.34. The molecule has 1 aliphatic heterocycles. The van der Waals surface area contributed by atoms with Crippen molar-refractivity contribution >= 4 is 0 Å². The van der Waals surface area contributed by atoms with E-state index in [-0.39, 0.29) is 11.6 Å². The molecule has 1 aromatic rings. The number of hydrogen-bond acceptors (Lipinski definition) is 2. The normalized spacial score (nSPS) is 18.5. The fourth-order valence-electron chi connectivity index (χ4n) is 2.71. The summed E-state index contributed by atoms with van der Waals surface area (Å²) in [6, 6.07) is 2.19. The quantitative estimate of drug-likeness (QED) is 0.856. The highest BCUT2D eigenvalue weighted by atomic mass is 19.2. The van der Waals surface area contributed by atoms with Gasteiger partial charge in [-0.3, -0.25) is 4.90 Å². The first-order chi connectivity index (χ1) is 9.50. The van der Waals surface area contributed by atoms with Crippen LogP contribution in [-0.4, -0.2) is 31.1 Å². The van der Waals surface area contributed by atoms with Crippen molar-refractivity contribution in [2.45, 2.75) is 26.3 Å². The SMILES string of the molecule is CC(C)C[C@H](c1ccc(F)c(F)c1F)N1CCNCC1. The highest BCUT2D eigenvalue weighted by Crippen LogP contribution is 2.31. The predicted octanol–water partition coefficient (Wildman–Crippen LogP) is 3.10. The monoisotopic (exact) mass is 286 g/mol. The lowest BCUT2D eigenvalue weighted by Crippen LogP contribution is -2.45. The van der Waals surface area contributed by atoms with Gasteiger partial charge in [0.15, 0.2) is 17.5 Å². The zero-order chi connectivity index (χ0) is 14.7. The van der Waals surface area contributed by atoms with E-state index < -0.39 is 17.5 Å². The lowest BCUT2D eigenvalue weighted by atomic mass is 9.94. The third-order valence-electron chi connectivity index (χ3n) is 3.71. The van der Waals surface area contributed by atoms with E-state index in [1.54, 1.807) is 0 Å². The van der Waals surface area contributed by atoms with E-state index in [9.17, 15) is 13.2 Å². The van der Waals surface area contributed by atoms with Gasteiger partial charge in [0, 0.05) is 37.8 Å². The zero-order valence-corrected chi connectivity index (χ0v) is 11.9. The molecule has 20 heavy (non-hydrogen) atoms. The van der Waals surface area contributed by atoms with Crippen LogP contribution in [0.2, 0.25) is 0 Å². The number of piperazine rings is 1. The van der Waals surface area contributed by atoms with Gasteiger partial charge in [-0.1, -0.05) is 19.9 Å². The molecular formula is C15H21F3N2. The molecule has 1 saturated heterocycles. The van der Waals surface area contributed by atoms with Gasteiger partial charge in [0.25, 0.3) is 0 Å². The van der Waals surface area contributed by atoms with Crippen molar-refractivity contribution in [3.8, 4) is 0 Å². The molecule has 0 amide bonds. The van der Waals surface area contributed by atoms with Crippen molar-refractivity contribution in [3.05, 3.63) is 35.1 Å². The van der Waals surface area contributed by atoms with Gasteiger partial charge in [0.05, 0.1) is 0 Å². The number of benzene rings is 1. The van der Waals surface area contributed by atoms with Gasteiger partial charge < -0.3 is 5.32 Å². The Labute approximate surface area is 118 Å². The van der Waals surface area contributed by atoms with Crippen molar-refractivity contribution in [1.29, 1.82) is 0 Å². The Bertz CT molecular complexity index is 457. The molecule has 112 valence electrons. The largest absolute Gasteiger partial charge is 0.314 e. The molecule has 1 N–H and O–H groups in total. The molecule has 2 rings (SSSR count). The number of halogens is 3. The van der Waals surface area contributed by atoms with Gasteiger partial charge >= 0.3 is 0 Å². The van der Waals surface area contributed by atoms with Crippen molar-refractivity contribution in [1.82, 2.24) is 10.2 Å². The molecule has 0 radical (unpaired) electrons. The predicted molar refractivity (Wildman–Crippen MR) is 73.0 cm³/mol. The van der Waals surface area contributed by atoms with Gasteiger partial charge in [-0.25, -0.2) is 13.2 Å². The summed E-state index contributed by atoms with van der Waals surface area (Å²) in [6.07, 6.45) is 0.724. The van der Waals surface area contributed by atoms with Crippen LogP contribution in [0.15, 0.2) is 12.1 Å². The van der Waals surface area contributed by atoms with E-state index in [1.807, 2.05) is 13.8 Å². The standard InChI is InChI=1S/C15H21F3N2/c1-10(2)9-13(20-7-5-19-6-8-20)11-3-4-12(16)15(18)14(11)17/h3-4,10,13,19H,5-9H2,1-2H3/t13-/m1/s1. The summed E-state index contributed by atoms with van der Waals surface area (Å²) < 4.78 is 40.6. The molecule has 1 aliphatic rings. The van der Waals surface area contributed by atoms with Crippen molar-refractivity contribution in [3.63, 3.8) is 0 Å². The second-order valence-electron chi connectivity index (χ2n) is 5.70. The van der Waals surface area contributed by atoms with E-state index in [1.165, 1.54) is 6.07 Å². The first-order valence-electron chi connectivity index (χ1n) is 7.09. The molecule has 0 unspecified atom stereocenters. The molecule has 0 bridgehead atoms. The van der Waals surface area contributed by atoms with Crippen molar-refractivity contribution in [2.24, 2.45) is 5.92 Å². The van der Waals surface area contributed by atoms with Crippen molar-refractivity contribution < 1.29 is 13.2 Å². The fourth-order valence-corrected chi connectivity index (χ4v) is 2.71. The molecule has 0 aliphatic carbocycles. The maximum atomic E-state index is 14.1. The first kappa shape index (κ1) is 15.3. The molecule has 5 heteroatoms.